The molecule has 1 aliphatic rings. The molecule has 1 fully saturated rings. The van der Waals surface area contributed by atoms with Crippen LogP contribution in [-0.4, -0.2) is 65.2 Å². The van der Waals surface area contributed by atoms with Crippen LogP contribution in [0.15, 0.2) is 34.9 Å². The van der Waals surface area contributed by atoms with Crippen LogP contribution in [0, 0.1) is 0 Å². The Balaban J connectivity index is 1.75. The Morgan fingerprint density at radius 2 is 2.09 bits per heavy atom. The van der Waals surface area contributed by atoms with Gasteiger partial charge in [0, 0.05) is 31.6 Å². The van der Waals surface area contributed by atoms with E-state index < -0.39 is 12.1 Å². The van der Waals surface area contributed by atoms with Crippen molar-refractivity contribution in [2.24, 2.45) is 0 Å². The van der Waals surface area contributed by atoms with E-state index in [9.17, 15) is 4.79 Å². The quantitative estimate of drug-likeness (QED) is 0.522. The Bertz CT molecular complexity index is 1270. The molecule has 2 aromatic heterocycles. The zero-order valence-electron chi connectivity index (χ0n) is 23.4. The summed E-state index contributed by atoms with van der Waals surface area (Å²) < 4.78 is 32.6. The van der Waals surface area contributed by atoms with E-state index in [1.165, 1.54) is 13.2 Å². The summed E-state index contributed by atoms with van der Waals surface area (Å²) in [6.45, 7) is 10.4. The van der Waals surface area contributed by atoms with E-state index >= 15 is 0 Å². The SMILES string of the molecule is [2H]C([2H])(C)Oc1cc2c(NC)nc(N3CCN(C(=O)c4ccco4)C(C)C3(C)C)nc2cc1OC(C)C. The number of piperazine rings is 1. The summed E-state index contributed by atoms with van der Waals surface area (Å²) in [6, 6.07) is 6.70. The first-order valence-corrected chi connectivity index (χ1v) is 11.8. The molecule has 3 aromatic rings. The Morgan fingerprint density at radius 1 is 1.31 bits per heavy atom. The maximum absolute atomic E-state index is 13.1. The smallest absolute Gasteiger partial charge is 0.289 e. The highest BCUT2D eigenvalue weighted by atomic mass is 16.5. The molecule has 1 aromatic carbocycles. The second kappa shape index (κ2) is 9.64. The van der Waals surface area contributed by atoms with Crippen LogP contribution in [0.3, 0.4) is 0 Å². The number of carbonyl (C=O) groups is 1. The van der Waals surface area contributed by atoms with E-state index in [0.717, 1.165) is 0 Å². The molecule has 4 rings (SSSR count). The Morgan fingerprint density at radius 3 is 2.71 bits per heavy atom. The second-order valence-electron chi connectivity index (χ2n) is 9.37. The van der Waals surface area contributed by atoms with Crippen molar-refractivity contribution >= 4 is 28.6 Å². The van der Waals surface area contributed by atoms with Gasteiger partial charge in [-0.3, -0.25) is 4.79 Å². The summed E-state index contributed by atoms with van der Waals surface area (Å²) in [5, 5.41) is 3.82. The van der Waals surface area contributed by atoms with Gasteiger partial charge in [0.05, 0.1) is 38.8 Å². The van der Waals surface area contributed by atoms with Crippen molar-refractivity contribution in [2.75, 3.05) is 36.9 Å². The van der Waals surface area contributed by atoms with Crippen molar-refractivity contribution in [2.45, 2.75) is 59.2 Å². The fourth-order valence-corrected chi connectivity index (χ4v) is 4.44. The number of amides is 1. The van der Waals surface area contributed by atoms with Crippen molar-refractivity contribution < 1.29 is 21.4 Å². The van der Waals surface area contributed by atoms with Crippen LogP contribution in [0.2, 0.25) is 0 Å². The van der Waals surface area contributed by atoms with Crippen molar-refractivity contribution in [3.05, 3.63) is 36.3 Å². The zero-order chi connectivity index (χ0) is 27.1. The second-order valence-corrected chi connectivity index (χ2v) is 9.37. The number of rotatable bonds is 7. The van der Waals surface area contributed by atoms with Crippen molar-refractivity contribution in [3.8, 4) is 11.5 Å². The van der Waals surface area contributed by atoms with Gasteiger partial charge in [-0.1, -0.05) is 0 Å². The molecule has 0 saturated carbocycles. The Kier molecular flexibility index (Phi) is 6.06. The lowest BCUT2D eigenvalue weighted by atomic mass is 9.89. The predicted molar refractivity (Wildman–Crippen MR) is 137 cm³/mol. The minimum Gasteiger partial charge on any atom is -0.490 e. The Hall–Kier alpha value is -3.49. The fourth-order valence-electron chi connectivity index (χ4n) is 4.44. The van der Waals surface area contributed by atoms with Crippen LogP contribution in [0.5, 0.6) is 11.5 Å². The van der Waals surface area contributed by atoms with Gasteiger partial charge in [0.15, 0.2) is 17.3 Å². The molecule has 1 atom stereocenters. The van der Waals surface area contributed by atoms with Gasteiger partial charge in [0.2, 0.25) is 5.95 Å². The number of furan rings is 1. The lowest BCUT2D eigenvalue weighted by Crippen LogP contribution is -2.66. The van der Waals surface area contributed by atoms with Crippen LogP contribution >= 0.6 is 0 Å². The highest BCUT2D eigenvalue weighted by molar-refractivity contribution is 5.93. The van der Waals surface area contributed by atoms with Gasteiger partial charge in [-0.25, -0.2) is 4.98 Å². The first-order valence-electron chi connectivity index (χ1n) is 12.8. The molecule has 3 heterocycles. The van der Waals surface area contributed by atoms with Crippen molar-refractivity contribution in [1.82, 2.24) is 14.9 Å². The summed E-state index contributed by atoms with van der Waals surface area (Å²) in [5.74, 6) is 1.97. The summed E-state index contributed by atoms with van der Waals surface area (Å²) in [4.78, 5) is 26.7. The van der Waals surface area contributed by atoms with Gasteiger partial charge < -0.3 is 29.0 Å². The van der Waals surface area contributed by atoms with Gasteiger partial charge in [-0.15, -0.1) is 0 Å². The van der Waals surface area contributed by atoms with Crippen LogP contribution < -0.4 is 19.7 Å². The summed E-state index contributed by atoms with van der Waals surface area (Å²) in [5.41, 5.74) is 0.143. The molecular weight excluding hydrogens is 446 g/mol. The van der Waals surface area contributed by atoms with Crippen LogP contribution in [0.25, 0.3) is 10.9 Å². The summed E-state index contributed by atoms with van der Waals surface area (Å²) >= 11 is 0. The maximum atomic E-state index is 13.1. The van der Waals surface area contributed by atoms with Gasteiger partial charge in [0.1, 0.15) is 5.82 Å². The Labute approximate surface area is 209 Å². The molecule has 1 aliphatic heterocycles. The van der Waals surface area contributed by atoms with E-state index in [0.29, 0.717) is 47.3 Å². The van der Waals surface area contributed by atoms with Crippen LogP contribution in [0.1, 0.15) is 54.8 Å². The summed E-state index contributed by atoms with van der Waals surface area (Å²) in [7, 11) is 1.78. The minimum atomic E-state index is -1.89. The normalized spacial score (nSPS) is 18.9. The fraction of sp³-hybridized carbons (Fsp3) is 0.500. The number of ether oxygens (including phenoxy) is 2. The average molecular weight is 484 g/mol. The third kappa shape index (κ3) is 4.59. The van der Waals surface area contributed by atoms with E-state index in [4.69, 9.17) is 26.6 Å². The highest BCUT2D eigenvalue weighted by Gasteiger charge is 2.44. The highest BCUT2D eigenvalue weighted by Crippen LogP contribution is 2.38. The first-order chi connectivity index (χ1) is 17.3. The lowest BCUT2D eigenvalue weighted by molar-refractivity contribution is 0.0516. The largest absolute Gasteiger partial charge is 0.490 e. The molecule has 0 spiro atoms. The monoisotopic (exact) mass is 483 g/mol. The third-order valence-corrected chi connectivity index (χ3v) is 6.55. The molecule has 1 saturated heterocycles. The van der Waals surface area contributed by atoms with Crippen LogP contribution in [-0.2, 0) is 0 Å². The van der Waals surface area contributed by atoms with Gasteiger partial charge in [0.25, 0.3) is 5.91 Å². The molecule has 1 N–H and O–H groups in total. The minimum absolute atomic E-state index is 0.139. The average Bonchev–Trinajstić information content (AvgIpc) is 3.34. The van der Waals surface area contributed by atoms with Crippen LogP contribution in [0.4, 0.5) is 11.8 Å². The number of benzene rings is 1. The number of nitrogens with one attached hydrogen (secondary N) is 1. The van der Waals surface area contributed by atoms with E-state index in [1.807, 2.05) is 25.7 Å². The first kappa shape index (κ1) is 22.0. The maximum Gasteiger partial charge on any atom is 0.289 e. The predicted octanol–water partition coefficient (Wildman–Crippen LogP) is 4.58. The molecule has 1 unspecified atom stereocenters. The van der Waals surface area contributed by atoms with Gasteiger partial charge in [-0.05, 0) is 59.7 Å². The molecule has 0 radical (unpaired) electrons. The van der Waals surface area contributed by atoms with Gasteiger partial charge >= 0.3 is 0 Å². The molecule has 0 aliphatic carbocycles. The third-order valence-electron chi connectivity index (χ3n) is 6.55. The molecule has 35 heavy (non-hydrogen) atoms. The molecule has 9 heteroatoms. The van der Waals surface area contributed by atoms with Gasteiger partial charge in [-0.2, -0.15) is 4.98 Å². The lowest BCUT2D eigenvalue weighted by Gasteiger charge is -2.51. The zero-order valence-corrected chi connectivity index (χ0v) is 21.4. The van der Waals surface area contributed by atoms with E-state index in [-0.39, 0.29) is 23.8 Å². The molecule has 1 amide bonds. The number of hydrogen-bond donors (Lipinski definition) is 1. The molecule has 0 bridgehead atoms. The number of hydrogen-bond acceptors (Lipinski definition) is 8. The molecular formula is C26H35N5O4. The van der Waals surface area contributed by atoms with E-state index in [1.54, 1.807) is 31.3 Å². The number of fused-ring (bicyclic) bond motifs is 1. The number of carbonyl (C=O) groups excluding carboxylic acids is 1. The number of aromatic nitrogens is 2. The van der Waals surface area contributed by atoms with Crippen molar-refractivity contribution in [1.29, 1.82) is 0 Å². The van der Waals surface area contributed by atoms with E-state index in [2.05, 4.69) is 24.1 Å². The molecule has 9 nitrogen and oxygen atoms in total. The standard InChI is InChI=1S/C26H35N5O4/c1-8-33-21-14-18-19(15-22(21)35-16(2)3)28-25(29-23(18)27-7)31-12-11-30(17(4)26(31,5)6)24(32)20-10-9-13-34-20/h9-10,13-17H,8,11-12H2,1-7H3,(H,27,28,29)/i8D2. The number of anilines is 2. The molecule has 188 valence electrons. The number of nitrogens with zero attached hydrogens (tertiary/aromatic N) is 4. The van der Waals surface area contributed by atoms with Crippen molar-refractivity contribution in [3.63, 3.8) is 0 Å². The summed E-state index contributed by atoms with van der Waals surface area (Å²) in [6.07, 6.45) is 1.36. The topological polar surface area (TPSA) is 93.0 Å².